The molecule has 7 heteroatoms. The Bertz CT molecular complexity index is 729. The smallest absolute Gasteiger partial charge is 0.281 e. The van der Waals surface area contributed by atoms with E-state index in [1.54, 1.807) is 18.2 Å². The highest BCUT2D eigenvalue weighted by Gasteiger charge is 2.20. The minimum atomic E-state index is -3.86. The number of rotatable bonds is 4. The van der Waals surface area contributed by atoms with Crippen molar-refractivity contribution in [2.24, 2.45) is 0 Å². The summed E-state index contributed by atoms with van der Waals surface area (Å²) < 4.78 is 32.2. The molecule has 0 saturated carbocycles. The molecule has 0 amide bonds. The van der Waals surface area contributed by atoms with Crippen molar-refractivity contribution in [2.75, 3.05) is 17.6 Å². The molecule has 0 fully saturated rings. The fourth-order valence-corrected chi connectivity index (χ4v) is 2.85. The number of aromatic nitrogens is 1. The lowest BCUT2D eigenvalue weighted by Gasteiger charge is -2.12. The van der Waals surface area contributed by atoms with Gasteiger partial charge in [0, 0.05) is 6.20 Å². The Labute approximate surface area is 117 Å². The number of benzene rings is 1. The van der Waals surface area contributed by atoms with Gasteiger partial charge < -0.3 is 10.5 Å². The van der Waals surface area contributed by atoms with Gasteiger partial charge in [-0.05, 0) is 36.8 Å². The van der Waals surface area contributed by atoms with Crippen molar-refractivity contribution in [1.29, 1.82) is 0 Å². The first-order chi connectivity index (χ1) is 9.44. The first kappa shape index (κ1) is 14.1. The van der Waals surface area contributed by atoms with Crippen molar-refractivity contribution in [3.63, 3.8) is 0 Å². The number of nitrogen functional groups attached to an aromatic ring is 1. The third kappa shape index (κ3) is 2.83. The Balaban J connectivity index is 2.44. The lowest BCUT2D eigenvalue weighted by atomic mass is 10.2. The number of methoxy groups -OCH3 is 1. The van der Waals surface area contributed by atoms with Gasteiger partial charge in [-0.3, -0.25) is 4.72 Å². The molecule has 0 bridgehead atoms. The summed E-state index contributed by atoms with van der Waals surface area (Å²) in [6.45, 7) is 1.85. The van der Waals surface area contributed by atoms with Crippen molar-refractivity contribution in [3.8, 4) is 5.75 Å². The molecule has 1 aromatic heterocycles. The van der Waals surface area contributed by atoms with Gasteiger partial charge in [0.25, 0.3) is 10.0 Å². The highest BCUT2D eigenvalue weighted by atomic mass is 32.2. The average Bonchev–Trinajstić information content (AvgIpc) is 2.39. The first-order valence-corrected chi connectivity index (χ1v) is 7.30. The zero-order valence-electron chi connectivity index (χ0n) is 11.1. The van der Waals surface area contributed by atoms with Crippen LogP contribution >= 0.6 is 0 Å². The van der Waals surface area contributed by atoms with Crippen molar-refractivity contribution in [3.05, 3.63) is 42.1 Å². The highest BCUT2D eigenvalue weighted by molar-refractivity contribution is 7.92. The van der Waals surface area contributed by atoms with Gasteiger partial charge in [-0.25, -0.2) is 4.98 Å². The normalized spacial score (nSPS) is 11.1. The van der Waals surface area contributed by atoms with Crippen LogP contribution in [0.2, 0.25) is 0 Å². The Hall–Kier alpha value is -2.28. The summed E-state index contributed by atoms with van der Waals surface area (Å²) in [7, 11) is -2.39. The lowest BCUT2D eigenvalue weighted by Crippen LogP contribution is -2.16. The molecule has 6 nitrogen and oxygen atoms in total. The third-order valence-corrected chi connectivity index (χ3v) is 3.99. The first-order valence-electron chi connectivity index (χ1n) is 5.82. The van der Waals surface area contributed by atoms with E-state index in [2.05, 4.69) is 9.71 Å². The van der Waals surface area contributed by atoms with Gasteiger partial charge in [-0.2, -0.15) is 8.42 Å². The third-order valence-electron chi connectivity index (χ3n) is 2.65. The molecule has 0 aliphatic rings. The van der Waals surface area contributed by atoms with Crippen LogP contribution in [0.4, 0.5) is 11.4 Å². The Kier molecular flexibility index (Phi) is 3.80. The molecule has 0 saturated heterocycles. The van der Waals surface area contributed by atoms with Crippen molar-refractivity contribution >= 4 is 21.4 Å². The molecular weight excluding hydrogens is 278 g/mol. The zero-order valence-corrected chi connectivity index (χ0v) is 11.9. The fourth-order valence-electron chi connectivity index (χ4n) is 1.72. The van der Waals surface area contributed by atoms with Crippen molar-refractivity contribution in [2.45, 2.75) is 11.9 Å². The van der Waals surface area contributed by atoms with Crippen LogP contribution < -0.4 is 15.2 Å². The van der Waals surface area contributed by atoms with Gasteiger partial charge in [0.15, 0.2) is 5.03 Å². The summed E-state index contributed by atoms with van der Waals surface area (Å²) in [5.74, 6) is 0.425. The van der Waals surface area contributed by atoms with Gasteiger partial charge in [-0.15, -0.1) is 0 Å². The van der Waals surface area contributed by atoms with Gasteiger partial charge >= 0.3 is 0 Å². The molecule has 0 spiro atoms. The number of sulfonamides is 1. The van der Waals surface area contributed by atoms with Crippen LogP contribution in [-0.2, 0) is 10.0 Å². The molecule has 106 valence electrons. The van der Waals surface area contributed by atoms with E-state index in [4.69, 9.17) is 10.5 Å². The molecule has 0 atom stereocenters. The maximum atomic E-state index is 12.3. The second-order valence-electron chi connectivity index (χ2n) is 4.21. The standard InChI is InChI=1S/C13H15N3O3S/c1-9-5-6-12(19-2)11(8-9)16-20(17,18)13-10(14)4-3-7-15-13/h3-8,16H,14H2,1-2H3. The van der Waals surface area contributed by atoms with Gasteiger partial charge in [-0.1, -0.05) is 6.07 Å². The molecule has 1 aromatic carbocycles. The van der Waals surface area contributed by atoms with Gasteiger partial charge in [0.05, 0.1) is 18.5 Å². The van der Waals surface area contributed by atoms with Crippen molar-refractivity contribution < 1.29 is 13.2 Å². The molecule has 1 heterocycles. The van der Waals surface area contributed by atoms with E-state index >= 15 is 0 Å². The van der Waals surface area contributed by atoms with E-state index in [-0.39, 0.29) is 10.7 Å². The number of ether oxygens (including phenoxy) is 1. The van der Waals surface area contributed by atoms with E-state index in [1.165, 1.54) is 19.4 Å². The second kappa shape index (κ2) is 5.38. The molecular formula is C13H15N3O3S. The molecule has 0 aliphatic heterocycles. The summed E-state index contributed by atoms with van der Waals surface area (Å²) in [5.41, 5.74) is 6.98. The predicted octanol–water partition coefficient (Wildman–Crippen LogP) is 1.78. The number of pyridine rings is 1. The average molecular weight is 293 g/mol. The Morgan fingerprint density at radius 3 is 2.70 bits per heavy atom. The predicted molar refractivity (Wildman–Crippen MR) is 77.2 cm³/mol. The van der Waals surface area contributed by atoms with Crippen LogP contribution in [0.1, 0.15) is 5.56 Å². The van der Waals surface area contributed by atoms with Gasteiger partial charge in [0.1, 0.15) is 5.75 Å². The number of anilines is 2. The quantitative estimate of drug-likeness (QED) is 0.896. The van der Waals surface area contributed by atoms with Crippen LogP contribution in [0.3, 0.4) is 0 Å². The number of nitrogens with zero attached hydrogens (tertiary/aromatic N) is 1. The van der Waals surface area contributed by atoms with Crippen LogP contribution in [0.5, 0.6) is 5.75 Å². The maximum absolute atomic E-state index is 12.3. The fraction of sp³-hybridized carbons (Fsp3) is 0.154. The zero-order chi connectivity index (χ0) is 14.8. The van der Waals surface area contributed by atoms with E-state index in [1.807, 2.05) is 13.0 Å². The number of nitrogens with two attached hydrogens (primary N) is 1. The highest BCUT2D eigenvalue weighted by Crippen LogP contribution is 2.28. The molecule has 2 aromatic rings. The topological polar surface area (TPSA) is 94.3 Å². The van der Waals surface area contributed by atoms with Crippen LogP contribution in [0, 0.1) is 6.92 Å². The SMILES string of the molecule is COc1ccc(C)cc1NS(=O)(=O)c1ncccc1N. The minimum Gasteiger partial charge on any atom is -0.495 e. The summed E-state index contributed by atoms with van der Waals surface area (Å²) in [6.07, 6.45) is 1.37. The summed E-state index contributed by atoms with van der Waals surface area (Å²) in [6, 6.07) is 8.24. The number of nitrogens with one attached hydrogen (secondary N) is 1. The number of hydrogen-bond donors (Lipinski definition) is 2. The molecule has 0 aliphatic carbocycles. The van der Waals surface area contributed by atoms with E-state index in [0.29, 0.717) is 11.4 Å². The van der Waals surface area contributed by atoms with Gasteiger partial charge in [0.2, 0.25) is 0 Å². The van der Waals surface area contributed by atoms with Crippen LogP contribution in [0.25, 0.3) is 0 Å². The molecule has 20 heavy (non-hydrogen) atoms. The van der Waals surface area contributed by atoms with E-state index in [9.17, 15) is 8.42 Å². The summed E-state index contributed by atoms with van der Waals surface area (Å²) in [5, 5.41) is -0.205. The van der Waals surface area contributed by atoms with Crippen LogP contribution in [-0.4, -0.2) is 20.5 Å². The maximum Gasteiger partial charge on any atom is 0.281 e. The molecule has 0 radical (unpaired) electrons. The molecule has 3 N–H and O–H groups in total. The summed E-state index contributed by atoms with van der Waals surface area (Å²) in [4.78, 5) is 3.81. The van der Waals surface area contributed by atoms with E-state index in [0.717, 1.165) is 5.56 Å². The largest absolute Gasteiger partial charge is 0.495 e. The number of hydrogen-bond acceptors (Lipinski definition) is 5. The van der Waals surface area contributed by atoms with Crippen LogP contribution in [0.15, 0.2) is 41.6 Å². The molecule has 0 unspecified atom stereocenters. The monoisotopic (exact) mass is 293 g/mol. The van der Waals surface area contributed by atoms with Crippen molar-refractivity contribution in [1.82, 2.24) is 4.98 Å². The summed E-state index contributed by atoms with van der Waals surface area (Å²) >= 11 is 0. The molecule has 2 rings (SSSR count). The Morgan fingerprint density at radius 1 is 1.30 bits per heavy atom. The second-order valence-corrected chi connectivity index (χ2v) is 5.80. The van der Waals surface area contributed by atoms with E-state index < -0.39 is 10.0 Å². The Morgan fingerprint density at radius 2 is 2.05 bits per heavy atom. The minimum absolute atomic E-state index is 0.0895. The number of aryl methyl sites for hydroxylation is 1. The lowest BCUT2D eigenvalue weighted by molar-refractivity contribution is 0.417.